The number of halogens is 3. The summed E-state index contributed by atoms with van der Waals surface area (Å²) in [5.41, 5.74) is 3.74. The largest absolute Gasteiger partial charge is 0.573 e. The van der Waals surface area contributed by atoms with E-state index in [1.165, 1.54) is 24.3 Å². The lowest BCUT2D eigenvalue weighted by Gasteiger charge is -2.25. The molecule has 0 fully saturated rings. The molecule has 0 saturated carbocycles. The zero-order valence-electron chi connectivity index (χ0n) is 17.0. The Morgan fingerprint density at radius 2 is 1.70 bits per heavy atom. The van der Waals surface area contributed by atoms with Gasteiger partial charge in [0.2, 0.25) is 0 Å². The molecule has 2 N–H and O–H groups in total. The highest BCUT2D eigenvalue weighted by Gasteiger charge is 2.31. The summed E-state index contributed by atoms with van der Waals surface area (Å²) in [4.78, 5) is 3.90. The van der Waals surface area contributed by atoms with Gasteiger partial charge >= 0.3 is 6.36 Å². The van der Waals surface area contributed by atoms with Crippen molar-refractivity contribution in [1.82, 2.24) is 20.1 Å². The summed E-state index contributed by atoms with van der Waals surface area (Å²) in [6.07, 6.45) is -1.66. The number of pyridine rings is 1. The summed E-state index contributed by atoms with van der Waals surface area (Å²) in [6, 6.07) is 16.2. The summed E-state index contributed by atoms with van der Waals surface area (Å²) in [5, 5.41) is 2.90. The van der Waals surface area contributed by atoms with Crippen molar-refractivity contribution in [3.8, 4) is 5.75 Å². The maximum atomic E-state index is 13.2. The van der Waals surface area contributed by atoms with Gasteiger partial charge in [0.25, 0.3) is 10.0 Å². The molecule has 0 amide bonds. The van der Waals surface area contributed by atoms with Gasteiger partial charge in [-0.25, -0.2) is 8.42 Å². The van der Waals surface area contributed by atoms with Crippen LogP contribution < -0.4 is 15.5 Å². The minimum Gasteiger partial charge on any atom is -0.406 e. The van der Waals surface area contributed by atoms with E-state index in [4.69, 9.17) is 12.2 Å². The van der Waals surface area contributed by atoms with E-state index in [0.29, 0.717) is 6.54 Å². The van der Waals surface area contributed by atoms with Crippen LogP contribution in [0.3, 0.4) is 0 Å². The average molecular weight is 497 g/mol. The number of sulfonamides is 1. The highest BCUT2D eigenvalue weighted by Crippen LogP contribution is 2.24. The van der Waals surface area contributed by atoms with Crippen molar-refractivity contribution in [3.05, 3.63) is 90.3 Å². The zero-order valence-corrected chi connectivity index (χ0v) is 18.6. The molecule has 0 atom stereocenters. The third-order valence-electron chi connectivity index (χ3n) is 4.22. The molecule has 1 aromatic heterocycles. The molecule has 0 aliphatic rings. The smallest absolute Gasteiger partial charge is 0.406 e. The van der Waals surface area contributed by atoms with Gasteiger partial charge in [-0.1, -0.05) is 30.3 Å². The van der Waals surface area contributed by atoms with Crippen molar-refractivity contribution in [2.75, 3.05) is 0 Å². The molecule has 0 bridgehead atoms. The van der Waals surface area contributed by atoms with Gasteiger partial charge in [0.05, 0.1) is 11.4 Å². The summed E-state index contributed by atoms with van der Waals surface area (Å²) >= 11 is 5.24. The molecular weight excluding hydrogens is 477 g/mol. The lowest BCUT2D eigenvalue weighted by Crippen LogP contribution is -2.49. The Labute approximate surface area is 194 Å². The summed E-state index contributed by atoms with van der Waals surface area (Å²) in [6.45, 7) is -0.00809. The minimum atomic E-state index is -4.87. The molecule has 0 aliphatic carbocycles. The van der Waals surface area contributed by atoms with Gasteiger partial charge in [0.1, 0.15) is 5.75 Å². The maximum Gasteiger partial charge on any atom is 0.573 e. The summed E-state index contributed by atoms with van der Waals surface area (Å²) in [5.74, 6) is -0.463. The fraction of sp³-hybridized carbons (Fsp3) is 0.143. The number of aromatic nitrogens is 1. The standard InChI is InChI=1S/C21H19F3N4O3S2/c22-21(23,24)31-18-6-4-5-17(13-18)15-28(33(29,30)19-7-2-1-3-8-19)27-20(32)26-14-16-9-11-25-12-10-16/h1-13H,14-15H2,(H2,26,27,32). The Morgan fingerprint density at radius 1 is 1.00 bits per heavy atom. The second-order valence-electron chi connectivity index (χ2n) is 6.67. The summed E-state index contributed by atoms with van der Waals surface area (Å²) in [7, 11) is -4.10. The Bertz CT molecular complexity index is 1180. The first-order valence-corrected chi connectivity index (χ1v) is 11.3. The van der Waals surface area contributed by atoms with E-state index >= 15 is 0 Å². The lowest BCUT2D eigenvalue weighted by atomic mass is 10.2. The van der Waals surface area contributed by atoms with Crippen molar-refractivity contribution in [1.29, 1.82) is 0 Å². The molecule has 12 heteroatoms. The molecule has 0 spiro atoms. The SMILES string of the molecule is O=S(=O)(c1ccccc1)N(Cc1cccc(OC(F)(F)F)c1)NC(=S)NCc1ccncc1. The van der Waals surface area contributed by atoms with E-state index in [9.17, 15) is 21.6 Å². The van der Waals surface area contributed by atoms with E-state index in [2.05, 4.69) is 20.5 Å². The van der Waals surface area contributed by atoms with Crippen molar-refractivity contribution in [3.63, 3.8) is 0 Å². The van der Waals surface area contributed by atoms with Crippen LogP contribution in [0.1, 0.15) is 11.1 Å². The van der Waals surface area contributed by atoms with Crippen LogP contribution in [0.25, 0.3) is 0 Å². The van der Waals surface area contributed by atoms with Gasteiger partial charge in [0.15, 0.2) is 5.11 Å². The normalized spacial score (nSPS) is 11.8. The highest BCUT2D eigenvalue weighted by molar-refractivity contribution is 7.89. The number of thiocarbonyl (C=S) groups is 1. The van der Waals surface area contributed by atoms with E-state index in [1.54, 1.807) is 42.7 Å². The molecule has 2 aromatic carbocycles. The van der Waals surface area contributed by atoms with Crippen LogP contribution in [-0.4, -0.2) is 29.3 Å². The van der Waals surface area contributed by atoms with E-state index in [0.717, 1.165) is 22.1 Å². The lowest BCUT2D eigenvalue weighted by molar-refractivity contribution is -0.274. The van der Waals surface area contributed by atoms with Crippen molar-refractivity contribution in [2.24, 2.45) is 0 Å². The van der Waals surface area contributed by atoms with Crippen molar-refractivity contribution in [2.45, 2.75) is 24.3 Å². The number of benzene rings is 2. The monoisotopic (exact) mass is 496 g/mol. The van der Waals surface area contributed by atoms with Gasteiger partial charge in [0, 0.05) is 18.9 Å². The van der Waals surface area contributed by atoms with Crippen LogP contribution in [0.5, 0.6) is 5.75 Å². The third-order valence-corrected chi connectivity index (χ3v) is 6.12. The second-order valence-corrected chi connectivity index (χ2v) is 8.94. The fourth-order valence-electron chi connectivity index (χ4n) is 2.75. The Morgan fingerprint density at radius 3 is 2.36 bits per heavy atom. The number of ether oxygens (including phenoxy) is 1. The molecule has 3 aromatic rings. The number of hydrogen-bond donors (Lipinski definition) is 2. The van der Waals surface area contributed by atoms with Crippen LogP contribution in [-0.2, 0) is 23.1 Å². The van der Waals surface area contributed by atoms with E-state index in [-0.39, 0.29) is 22.1 Å². The minimum absolute atomic E-state index is 0.00835. The average Bonchev–Trinajstić information content (AvgIpc) is 2.78. The highest BCUT2D eigenvalue weighted by atomic mass is 32.2. The molecule has 0 radical (unpaired) electrons. The molecule has 33 heavy (non-hydrogen) atoms. The number of rotatable bonds is 8. The number of nitrogens with one attached hydrogen (secondary N) is 2. The van der Waals surface area contributed by atoms with Crippen LogP contribution in [0.4, 0.5) is 13.2 Å². The molecule has 174 valence electrons. The van der Waals surface area contributed by atoms with Crippen molar-refractivity contribution < 1.29 is 26.3 Å². The Kier molecular flexibility index (Phi) is 7.84. The topological polar surface area (TPSA) is 83.6 Å². The molecular formula is C21H19F3N4O3S2. The number of alkyl halides is 3. The molecule has 1 heterocycles. The van der Waals surface area contributed by atoms with Gasteiger partial charge in [-0.3, -0.25) is 10.4 Å². The maximum absolute atomic E-state index is 13.2. The fourth-order valence-corrected chi connectivity index (χ4v) is 4.27. The van der Waals surface area contributed by atoms with Gasteiger partial charge in [-0.05, 0) is 59.7 Å². The van der Waals surface area contributed by atoms with Gasteiger partial charge in [-0.15, -0.1) is 17.6 Å². The number of nitrogens with zero attached hydrogens (tertiary/aromatic N) is 2. The first-order valence-electron chi connectivity index (χ1n) is 9.49. The van der Waals surface area contributed by atoms with E-state index in [1.807, 2.05) is 0 Å². The van der Waals surface area contributed by atoms with Crippen LogP contribution in [0.15, 0.2) is 84.0 Å². The van der Waals surface area contributed by atoms with Gasteiger partial charge in [-0.2, -0.15) is 0 Å². The molecule has 0 aliphatic heterocycles. The third kappa shape index (κ3) is 7.41. The Hall–Kier alpha value is -3.22. The molecule has 0 unspecified atom stereocenters. The molecule has 3 rings (SSSR count). The molecule has 0 saturated heterocycles. The first kappa shape index (κ1) is 24.4. The van der Waals surface area contributed by atoms with Gasteiger partial charge < -0.3 is 10.1 Å². The van der Waals surface area contributed by atoms with Crippen LogP contribution in [0, 0.1) is 0 Å². The second kappa shape index (κ2) is 10.6. The number of hydrogen-bond acceptors (Lipinski definition) is 5. The quantitative estimate of drug-likeness (QED) is 0.363. The first-order chi connectivity index (χ1) is 15.6. The predicted molar refractivity (Wildman–Crippen MR) is 119 cm³/mol. The molecule has 7 nitrogen and oxygen atoms in total. The summed E-state index contributed by atoms with van der Waals surface area (Å²) < 4.78 is 68.9. The Balaban J connectivity index is 1.81. The van der Waals surface area contributed by atoms with Crippen LogP contribution >= 0.6 is 12.2 Å². The van der Waals surface area contributed by atoms with E-state index < -0.39 is 22.1 Å². The zero-order chi connectivity index (χ0) is 23.9. The number of hydrazine groups is 1. The predicted octanol–water partition coefficient (Wildman–Crippen LogP) is 3.75. The van der Waals surface area contributed by atoms with Crippen LogP contribution in [0.2, 0.25) is 0 Å². The van der Waals surface area contributed by atoms with Crippen molar-refractivity contribution >= 4 is 27.4 Å².